The molecule has 114 valence electrons. The SMILES string of the molecule is C[C@@H]1CNC[C@H]1C(=O)Nc1ccccc1Cc1ccccc1. The first kappa shape index (κ1) is 14.8. The summed E-state index contributed by atoms with van der Waals surface area (Å²) in [7, 11) is 0. The van der Waals surface area contributed by atoms with Crippen molar-refractivity contribution in [2.75, 3.05) is 18.4 Å². The molecule has 3 rings (SSSR count). The van der Waals surface area contributed by atoms with E-state index in [4.69, 9.17) is 0 Å². The molecule has 3 heteroatoms. The lowest BCUT2D eigenvalue weighted by atomic mass is 9.96. The third-order valence-electron chi connectivity index (χ3n) is 4.37. The standard InChI is InChI=1S/C19H22N2O/c1-14-12-20-13-17(14)19(22)21-18-10-6-5-9-16(18)11-15-7-3-2-4-8-15/h2-10,14,17,20H,11-13H2,1H3,(H,21,22)/t14-,17-/m1/s1. The minimum Gasteiger partial charge on any atom is -0.326 e. The Morgan fingerprint density at radius 2 is 1.82 bits per heavy atom. The molecular formula is C19H22N2O. The van der Waals surface area contributed by atoms with Gasteiger partial charge in [-0.2, -0.15) is 0 Å². The molecule has 3 nitrogen and oxygen atoms in total. The van der Waals surface area contributed by atoms with E-state index >= 15 is 0 Å². The third kappa shape index (κ3) is 3.37. The van der Waals surface area contributed by atoms with Gasteiger partial charge in [-0.15, -0.1) is 0 Å². The monoisotopic (exact) mass is 294 g/mol. The topological polar surface area (TPSA) is 41.1 Å². The van der Waals surface area contributed by atoms with E-state index in [2.05, 4.69) is 35.8 Å². The number of rotatable bonds is 4. The molecule has 0 aliphatic carbocycles. The van der Waals surface area contributed by atoms with Crippen LogP contribution in [0.15, 0.2) is 54.6 Å². The molecule has 22 heavy (non-hydrogen) atoms. The van der Waals surface area contributed by atoms with Crippen LogP contribution in [0.5, 0.6) is 0 Å². The van der Waals surface area contributed by atoms with Crippen LogP contribution in [0.25, 0.3) is 0 Å². The summed E-state index contributed by atoms with van der Waals surface area (Å²) in [5, 5.41) is 6.41. The summed E-state index contributed by atoms with van der Waals surface area (Å²) in [5.74, 6) is 0.573. The highest BCUT2D eigenvalue weighted by molar-refractivity contribution is 5.93. The van der Waals surface area contributed by atoms with Crippen LogP contribution >= 0.6 is 0 Å². The fourth-order valence-electron chi connectivity index (χ4n) is 3.00. The molecule has 0 radical (unpaired) electrons. The number of carbonyl (C=O) groups is 1. The van der Waals surface area contributed by atoms with Gasteiger partial charge in [0.2, 0.25) is 5.91 Å². The fourth-order valence-corrected chi connectivity index (χ4v) is 3.00. The summed E-state index contributed by atoms with van der Waals surface area (Å²) in [6, 6.07) is 18.4. The number of anilines is 1. The minimum absolute atomic E-state index is 0.0600. The quantitative estimate of drug-likeness (QED) is 0.910. The Morgan fingerprint density at radius 3 is 2.55 bits per heavy atom. The summed E-state index contributed by atoms with van der Waals surface area (Å²) in [4.78, 5) is 12.5. The first-order chi connectivity index (χ1) is 10.7. The molecule has 0 aromatic heterocycles. The summed E-state index contributed by atoms with van der Waals surface area (Å²) >= 11 is 0. The summed E-state index contributed by atoms with van der Waals surface area (Å²) in [6.07, 6.45) is 0.829. The van der Waals surface area contributed by atoms with Crippen molar-refractivity contribution >= 4 is 11.6 Å². The molecule has 2 aromatic rings. The molecule has 1 aliphatic rings. The van der Waals surface area contributed by atoms with Crippen LogP contribution in [0.2, 0.25) is 0 Å². The van der Waals surface area contributed by atoms with Crippen molar-refractivity contribution in [3.8, 4) is 0 Å². The van der Waals surface area contributed by atoms with Crippen molar-refractivity contribution in [3.05, 3.63) is 65.7 Å². The fraction of sp³-hybridized carbons (Fsp3) is 0.316. The summed E-state index contributed by atoms with van der Waals surface area (Å²) in [5.41, 5.74) is 3.33. The Bertz CT molecular complexity index is 639. The Balaban J connectivity index is 1.75. The van der Waals surface area contributed by atoms with Gasteiger partial charge in [-0.3, -0.25) is 4.79 Å². The number of carbonyl (C=O) groups excluding carboxylic acids is 1. The highest BCUT2D eigenvalue weighted by Gasteiger charge is 2.29. The summed E-state index contributed by atoms with van der Waals surface area (Å²) in [6.45, 7) is 3.82. The van der Waals surface area contributed by atoms with E-state index in [1.54, 1.807) is 0 Å². The molecule has 0 saturated carbocycles. The first-order valence-corrected chi connectivity index (χ1v) is 7.87. The van der Waals surface area contributed by atoms with Gasteiger partial charge in [-0.1, -0.05) is 55.5 Å². The highest BCUT2D eigenvalue weighted by Crippen LogP contribution is 2.22. The van der Waals surface area contributed by atoms with Gasteiger partial charge < -0.3 is 10.6 Å². The number of nitrogens with one attached hydrogen (secondary N) is 2. The van der Waals surface area contributed by atoms with Crippen molar-refractivity contribution < 1.29 is 4.79 Å². The molecule has 1 aliphatic heterocycles. The van der Waals surface area contributed by atoms with Crippen LogP contribution < -0.4 is 10.6 Å². The lowest BCUT2D eigenvalue weighted by Crippen LogP contribution is -2.28. The predicted molar refractivity (Wildman–Crippen MR) is 89.8 cm³/mol. The lowest BCUT2D eigenvalue weighted by molar-refractivity contribution is -0.120. The first-order valence-electron chi connectivity index (χ1n) is 7.87. The molecular weight excluding hydrogens is 272 g/mol. The van der Waals surface area contributed by atoms with Gasteiger partial charge in [0, 0.05) is 12.2 Å². The van der Waals surface area contributed by atoms with E-state index in [9.17, 15) is 4.79 Å². The van der Waals surface area contributed by atoms with E-state index in [0.717, 1.165) is 30.8 Å². The highest BCUT2D eigenvalue weighted by atomic mass is 16.1. The molecule has 2 atom stereocenters. The Hall–Kier alpha value is -2.13. The van der Waals surface area contributed by atoms with Gasteiger partial charge in [0.25, 0.3) is 0 Å². The number of para-hydroxylation sites is 1. The maximum absolute atomic E-state index is 12.5. The van der Waals surface area contributed by atoms with Crippen LogP contribution in [-0.4, -0.2) is 19.0 Å². The van der Waals surface area contributed by atoms with Gasteiger partial charge in [-0.05, 0) is 36.1 Å². The zero-order valence-corrected chi connectivity index (χ0v) is 12.9. The number of benzene rings is 2. The molecule has 2 N–H and O–H groups in total. The second-order valence-electron chi connectivity index (χ2n) is 6.05. The predicted octanol–water partition coefficient (Wildman–Crippen LogP) is 3.07. The lowest BCUT2D eigenvalue weighted by Gasteiger charge is -2.16. The van der Waals surface area contributed by atoms with Crippen LogP contribution in [0.1, 0.15) is 18.1 Å². The van der Waals surface area contributed by atoms with Crippen LogP contribution in [0.3, 0.4) is 0 Å². The van der Waals surface area contributed by atoms with Gasteiger partial charge in [0.15, 0.2) is 0 Å². The molecule has 1 fully saturated rings. The van der Waals surface area contributed by atoms with Crippen molar-refractivity contribution in [2.45, 2.75) is 13.3 Å². The normalized spacial score (nSPS) is 20.8. The number of amides is 1. The molecule has 0 bridgehead atoms. The van der Waals surface area contributed by atoms with E-state index in [1.165, 1.54) is 5.56 Å². The average molecular weight is 294 g/mol. The largest absolute Gasteiger partial charge is 0.326 e. The van der Waals surface area contributed by atoms with Crippen molar-refractivity contribution in [1.82, 2.24) is 5.32 Å². The van der Waals surface area contributed by atoms with Crippen LogP contribution in [0, 0.1) is 11.8 Å². The van der Waals surface area contributed by atoms with Crippen molar-refractivity contribution in [2.24, 2.45) is 11.8 Å². The van der Waals surface area contributed by atoms with Gasteiger partial charge in [-0.25, -0.2) is 0 Å². The second kappa shape index (κ2) is 6.75. The zero-order chi connectivity index (χ0) is 15.4. The van der Waals surface area contributed by atoms with Gasteiger partial charge in [0.05, 0.1) is 5.92 Å². The van der Waals surface area contributed by atoms with E-state index in [-0.39, 0.29) is 11.8 Å². The number of hydrogen-bond donors (Lipinski definition) is 2. The third-order valence-corrected chi connectivity index (χ3v) is 4.37. The van der Waals surface area contributed by atoms with Crippen LogP contribution in [-0.2, 0) is 11.2 Å². The van der Waals surface area contributed by atoms with Gasteiger partial charge in [0.1, 0.15) is 0 Å². The molecule has 1 heterocycles. The maximum atomic E-state index is 12.5. The molecule has 0 spiro atoms. The maximum Gasteiger partial charge on any atom is 0.229 e. The Labute approximate surface area is 131 Å². The zero-order valence-electron chi connectivity index (χ0n) is 12.9. The molecule has 0 unspecified atom stereocenters. The Morgan fingerprint density at radius 1 is 1.09 bits per heavy atom. The van der Waals surface area contributed by atoms with E-state index in [1.807, 2.05) is 36.4 Å². The average Bonchev–Trinajstić information content (AvgIpc) is 2.96. The number of hydrogen-bond acceptors (Lipinski definition) is 2. The van der Waals surface area contributed by atoms with Crippen LogP contribution in [0.4, 0.5) is 5.69 Å². The van der Waals surface area contributed by atoms with E-state index < -0.39 is 0 Å². The summed E-state index contributed by atoms with van der Waals surface area (Å²) < 4.78 is 0. The molecule has 1 saturated heterocycles. The van der Waals surface area contributed by atoms with Crippen molar-refractivity contribution in [1.29, 1.82) is 0 Å². The second-order valence-corrected chi connectivity index (χ2v) is 6.05. The van der Waals surface area contributed by atoms with Gasteiger partial charge >= 0.3 is 0 Å². The molecule has 1 amide bonds. The van der Waals surface area contributed by atoms with E-state index in [0.29, 0.717) is 5.92 Å². The minimum atomic E-state index is 0.0600. The van der Waals surface area contributed by atoms with Crippen molar-refractivity contribution in [3.63, 3.8) is 0 Å². The Kier molecular flexibility index (Phi) is 4.54. The smallest absolute Gasteiger partial charge is 0.229 e. The molecule has 2 aromatic carbocycles.